The van der Waals surface area contributed by atoms with E-state index in [2.05, 4.69) is 30.6 Å². The van der Waals surface area contributed by atoms with Crippen molar-refractivity contribution in [3.63, 3.8) is 0 Å². The average molecular weight is 249 g/mol. The monoisotopic (exact) mass is 249 g/mol. The molecule has 1 unspecified atom stereocenters. The molecule has 0 saturated heterocycles. The average Bonchev–Trinajstić information content (AvgIpc) is 2.77. The molecule has 1 heterocycles. The summed E-state index contributed by atoms with van der Waals surface area (Å²) in [7, 11) is 0. The van der Waals surface area contributed by atoms with Crippen molar-refractivity contribution in [3.8, 4) is 0 Å². The minimum absolute atomic E-state index is 0.568. The van der Waals surface area contributed by atoms with Gasteiger partial charge in [0.05, 0.1) is 6.54 Å². The number of furan rings is 1. The molecular weight excluding hydrogens is 230 g/mol. The van der Waals surface area contributed by atoms with Gasteiger partial charge in [-0.05, 0) is 24.8 Å². The van der Waals surface area contributed by atoms with Gasteiger partial charge in [-0.25, -0.2) is 0 Å². The summed E-state index contributed by atoms with van der Waals surface area (Å²) in [6.07, 6.45) is 3.30. The number of rotatable bonds is 6. The van der Waals surface area contributed by atoms with E-state index in [4.69, 9.17) is 4.42 Å². The summed E-state index contributed by atoms with van der Waals surface area (Å²) < 4.78 is 5.77. The second-order valence-electron chi connectivity index (χ2n) is 4.19. The van der Waals surface area contributed by atoms with Gasteiger partial charge in [0.15, 0.2) is 0 Å². The Kier molecular flexibility index (Phi) is 4.51. The lowest BCUT2D eigenvalue weighted by molar-refractivity contribution is 0.471. The van der Waals surface area contributed by atoms with E-state index < -0.39 is 0 Å². The molecule has 17 heavy (non-hydrogen) atoms. The van der Waals surface area contributed by atoms with Crippen LogP contribution in [0.1, 0.15) is 19.1 Å². The molecule has 2 rings (SSSR count). The highest BCUT2D eigenvalue weighted by atomic mass is 32.2. The van der Waals surface area contributed by atoms with Crippen LogP contribution in [0.5, 0.6) is 0 Å². The van der Waals surface area contributed by atoms with Crippen molar-refractivity contribution in [2.24, 2.45) is 0 Å². The SMILES string of the molecule is CCC(CSC)NCc1cc2ccccc2o1. The molecule has 0 amide bonds. The lowest BCUT2D eigenvalue weighted by atomic mass is 10.2. The van der Waals surface area contributed by atoms with Crippen LogP contribution in [-0.4, -0.2) is 18.1 Å². The third-order valence-electron chi connectivity index (χ3n) is 2.90. The minimum Gasteiger partial charge on any atom is -0.460 e. The van der Waals surface area contributed by atoms with Gasteiger partial charge in [0.2, 0.25) is 0 Å². The molecule has 1 atom stereocenters. The highest BCUT2D eigenvalue weighted by Gasteiger charge is 2.07. The summed E-state index contributed by atoms with van der Waals surface area (Å²) in [5.41, 5.74) is 0.974. The lowest BCUT2D eigenvalue weighted by Crippen LogP contribution is -2.29. The highest BCUT2D eigenvalue weighted by Crippen LogP contribution is 2.18. The lowest BCUT2D eigenvalue weighted by Gasteiger charge is -2.14. The zero-order chi connectivity index (χ0) is 12.1. The van der Waals surface area contributed by atoms with Crippen molar-refractivity contribution in [1.29, 1.82) is 0 Å². The molecule has 3 heteroatoms. The smallest absolute Gasteiger partial charge is 0.134 e. The molecule has 0 aliphatic rings. The first-order chi connectivity index (χ1) is 8.33. The van der Waals surface area contributed by atoms with E-state index in [0.29, 0.717) is 6.04 Å². The maximum atomic E-state index is 5.77. The van der Waals surface area contributed by atoms with Gasteiger partial charge in [0.25, 0.3) is 0 Å². The second-order valence-corrected chi connectivity index (χ2v) is 5.10. The van der Waals surface area contributed by atoms with Crippen LogP contribution in [0.25, 0.3) is 11.0 Å². The van der Waals surface area contributed by atoms with Gasteiger partial charge in [-0.15, -0.1) is 0 Å². The first-order valence-corrected chi connectivity index (χ1v) is 7.42. The van der Waals surface area contributed by atoms with Crippen LogP contribution in [0.2, 0.25) is 0 Å². The third-order valence-corrected chi connectivity index (χ3v) is 3.64. The van der Waals surface area contributed by atoms with E-state index in [1.165, 1.54) is 5.39 Å². The predicted molar refractivity (Wildman–Crippen MR) is 75.5 cm³/mol. The number of nitrogens with one attached hydrogen (secondary N) is 1. The minimum atomic E-state index is 0.568. The Morgan fingerprint density at radius 3 is 2.88 bits per heavy atom. The number of hydrogen-bond acceptors (Lipinski definition) is 3. The molecule has 0 fully saturated rings. The Morgan fingerprint density at radius 1 is 1.35 bits per heavy atom. The first kappa shape index (κ1) is 12.5. The molecule has 2 nitrogen and oxygen atoms in total. The van der Waals surface area contributed by atoms with Gasteiger partial charge in [-0.2, -0.15) is 11.8 Å². The van der Waals surface area contributed by atoms with Crippen LogP contribution in [-0.2, 0) is 6.54 Å². The van der Waals surface area contributed by atoms with Gasteiger partial charge in [-0.1, -0.05) is 25.1 Å². The normalized spacial score (nSPS) is 13.1. The fraction of sp³-hybridized carbons (Fsp3) is 0.429. The van der Waals surface area contributed by atoms with Crippen LogP contribution in [0.3, 0.4) is 0 Å². The maximum absolute atomic E-state index is 5.77. The van der Waals surface area contributed by atoms with E-state index >= 15 is 0 Å². The molecule has 1 aromatic heterocycles. The molecule has 92 valence electrons. The van der Waals surface area contributed by atoms with Crippen molar-refractivity contribution >= 4 is 22.7 Å². The van der Waals surface area contributed by atoms with Crippen molar-refractivity contribution < 1.29 is 4.42 Å². The van der Waals surface area contributed by atoms with Crippen LogP contribution in [0.15, 0.2) is 34.7 Å². The fourth-order valence-corrected chi connectivity index (χ4v) is 2.65. The third kappa shape index (κ3) is 3.27. The Balaban J connectivity index is 1.98. The number of benzene rings is 1. The standard InChI is InChI=1S/C14H19NOS/c1-3-12(10-17-2)15-9-13-8-11-6-4-5-7-14(11)16-13/h4-8,12,15H,3,9-10H2,1-2H3. The van der Waals surface area contributed by atoms with E-state index in [1.54, 1.807) is 0 Å². The molecule has 0 radical (unpaired) electrons. The Hall–Kier alpha value is -0.930. The van der Waals surface area contributed by atoms with E-state index in [-0.39, 0.29) is 0 Å². The quantitative estimate of drug-likeness (QED) is 0.845. The summed E-state index contributed by atoms with van der Waals surface area (Å²) in [5.74, 6) is 2.17. The second kappa shape index (κ2) is 6.12. The van der Waals surface area contributed by atoms with E-state index in [9.17, 15) is 0 Å². The summed E-state index contributed by atoms with van der Waals surface area (Å²) in [4.78, 5) is 0. The summed E-state index contributed by atoms with van der Waals surface area (Å²) in [6.45, 7) is 3.03. The number of hydrogen-bond donors (Lipinski definition) is 1. The topological polar surface area (TPSA) is 25.2 Å². The Morgan fingerprint density at radius 2 is 2.18 bits per heavy atom. The molecule has 0 aliphatic carbocycles. The van der Waals surface area contributed by atoms with E-state index in [0.717, 1.165) is 30.1 Å². The maximum Gasteiger partial charge on any atom is 0.134 e. The zero-order valence-corrected chi connectivity index (χ0v) is 11.2. The predicted octanol–water partition coefficient (Wildman–Crippen LogP) is 3.66. The summed E-state index contributed by atoms with van der Waals surface area (Å²) >= 11 is 1.88. The zero-order valence-electron chi connectivity index (χ0n) is 10.4. The fourth-order valence-electron chi connectivity index (χ4n) is 1.89. The van der Waals surface area contributed by atoms with Gasteiger partial charge < -0.3 is 9.73 Å². The summed E-state index contributed by atoms with van der Waals surface area (Å²) in [5, 5.41) is 4.72. The molecule has 0 saturated carbocycles. The molecular formula is C14H19NOS. The van der Waals surface area contributed by atoms with E-state index in [1.807, 2.05) is 30.0 Å². The van der Waals surface area contributed by atoms with Gasteiger partial charge in [-0.3, -0.25) is 0 Å². The van der Waals surface area contributed by atoms with Crippen molar-refractivity contribution in [2.45, 2.75) is 25.9 Å². The number of thioether (sulfide) groups is 1. The van der Waals surface area contributed by atoms with Crippen molar-refractivity contribution in [1.82, 2.24) is 5.32 Å². The van der Waals surface area contributed by atoms with Gasteiger partial charge >= 0.3 is 0 Å². The van der Waals surface area contributed by atoms with Crippen molar-refractivity contribution in [2.75, 3.05) is 12.0 Å². The van der Waals surface area contributed by atoms with Crippen molar-refractivity contribution in [3.05, 3.63) is 36.1 Å². The van der Waals surface area contributed by atoms with Gasteiger partial charge in [0, 0.05) is 17.2 Å². The van der Waals surface area contributed by atoms with Gasteiger partial charge in [0.1, 0.15) is 11.3 Å². The largest absolute Gasteiger partial charge is 0.460 e. The molecule has 0 spiro atoms. The van der Waals surface area contributed by atoms with Crippen LogP contribution in [0.4, 0.5) is 0 Å². The number of para-hydroxylation sites is 1. The molecule has 0 aliphatic heterocycles. The van der Waals surface area contributed by atoms with Crippen LogP contribution < -0.4 is 5.32 Å². The Labute approximate surface area is 107 Å². The molecule has 1 aromatic carbocycles. The first-order valence-electron chi connectivity index (χ1n) is 6.03. The summed E-state index contributed by atoms with van der Waals surface area (Å²) in [6, 6.07) is 10.8. The molecule has 1 N–H and O–H groups in total. The molecule has 0 bridgehead atoms. The van der Waals surface area contributed by atoms with Crippen LogP contribution in [0, 0.1) is 0 Å². The highest BCUT2D eigenvalue weighted by molar-refractivity contribution is 7.98. The van der Waals surface area contributed by atoms with Crippen LogP contribution >= 0.6 is 11.8 Å². The Bertz CT molecular complexity index is 433. The molecule has 2 aromatic rings. The number of fused-ring (bicyclic) bond motifs is 1.